The van der Waals surface area contributed by atoms with Gasteiger partial charge in [-0.2, -0.15) is 0 Å². The van der Waals surface area contributed by atoms with Crippen LogP contribution in [-0.2, 0) is 0 Å². The minimum Gasteiger partial charge on any atom is -0.268 e. The molecule has 0 bridgehead atoms. The molecule has 3 rings (SSSR count). The monoisotopic (exact) mass is 307 g/mol. The third kappa shape index (κ3) is 2.54. The lowest BCUT2D eigenvalue weighted by molar-refractivity contribution is 0.0925. The van der Waals surface area contributed by atoms with Crippen molar-refractivity contribution in [2.75, 3.05) is 4.90 Å². The van der Waals surface area contributed by atoms with Crippen molar-refractivity contribution in [2.45, 2.75) is 26.7 Å². The molecule has 5 nitrogen and oxygen atoms in total. The summed E-state index contributed by atoms with van der Waals surface area (Å²) in [7, 11) is 0. The third-order valence-electron chi connectivity index (χ3n) is 3.81. The zero-order valence-corrected chi connectivity index (χ0v) is 13.1. The second-order valence-electron chi connectivity index (χ2n) is 5.38. The Hall–Kier alpha value is -2.82. The van der Waals surface area contributed by atoms with Crippen molar-refractivity contribution < 1.29 is 9.59 Å². The number of amides is 2. The minimum absolute atomic E-state index is 0.339. The van der Waals surface area contributed by atoms with Gasteiger partial charge >= 0.3 is 0 Å². The van der Waals surface area contributed by atoms with E-state index in [0.29, 0.717) is 22.5 Å². The summed E-state index contributed by atoms with van der Waals surface area (Å²) in [6, 6.07) is 6.83. The normalized spacial score (nSPS) is 13.9. The molecule has 0 unspecified atom stereocenters. The van der Waals surface area contributed by atoms with E-state index in [1.54, 1.807) is 24.3 Å². The smallest absolute Gasteiger partial charge is 0.267 e. The zero-order valence-electron chi connectivity index (χ0n) is 13.1. The zero-order chi connectivity index (χ0) is 16.4. The molecule has 116 valence electrons. The SMILES string of the molecule is CCC/C=C\c1c(C)ncnc1N1C(=O)c2ccccc2C1=O. The first kappa shape index (κ1) is 15.1. The van der Waals surface area contributed by atoms with Crippen LogP contribution in [0.5, 0.6) is 0 Å². The molecule has 2 amide bonds. The highest BCUT2D eigenvalue weighted by Gasteiger charge is 2.38. The van der Waals surface area contributed by atoms with Gasteiger partial charge in [0.25, 0.3) is 11.8 Å². The third-order valence-corrected chi connectivity index (χ3v) is 3.81. The lowest BCUT2D eigenvalue weighted by atomic mass is 10.1. The lowest BCUT2D eigenvalue weighted by Gasteiger charge is -2.16. The van der Waals surface area contributed by atoms with Gasteiger partial charge in [-0.3, -0.25) is 9.59 Å². The summed E-state index contributed by atoms with van der Waals surface area (Å²) >= 11 is 0. The number of aryl methyl sites for hydroxylation is 1. The molecule has 5 heteroatoms. The van der Waals surface area contributed by atoms with Gasteiger partial charge in [-0.05, 0) is 25.5 Å². The van der Waals surface area contributed by atoms with E-state index in [4.69, 9.17) is 0 Å². The van der Waals surface area contributed by atoms with Crippen molar-refractivity contribution in [1.29, 1.82) is 0 Å². The van der Waals surface area contributed by atoms with Crippen molar-refractivity contribution in [2.24, 2.45) is 0 Å². The Labute approximate surface area is 134 Å². The average molecular weight is 307 g/mol. The van der Waals surface area contributed by atoms with E-state index >= 15 is 0 Å². The molecule has 0 saturated carbocycles. The second kappa shape index (κ2) is 6.12. The van der Waals surface area contributed by atoms with Crippen LogP contribution in [0.1, 0.15) is 51.7 Å². The summed E-state index contributed by atoms with van der Waals surface area (Å²) < 4.78 is 0. The number of aromatic nitrogens is 2. The summed E-state index contributed by atoms with van der Waals surface area (Å²) in [5, 5.41) is 0. The maximum Gasteiger partial charge on any atom is 0.267 e. The molecule has 2 heterocycles. The van der Waals surface area contributed by atoms with Crippen LogP contribution in [0.25, 0.3) is 6.08 Å². The van der Waals surface area contributed by atoms with Gasteiger partial charge in [-0.15, -0.1) is 0 Å². The highest BCUT2D eigenvalue weighted by molar-refractivity contribution is 6.34. The van der Waals surface area contributed by atoms with E-state index in [1.165, 1.54) is 6.33 Å². The maximum atomic E-state index is 12.6. The number of rotatable bonds is 4. The number of anilines is 1. The Kier molecular flexibility index (Phi) is 4.02. The van der Waals surface area contributed by atoms with Gasteiger partial charge in [0.05, 0.1) is 16.8 Å². The molecule has 0 saturated heterocycles. The molecule has 0 N–H and O–H groups in total. The van der Waals surface area contributed by atoms with Gasteiger partial charge in [0, 0.05) is 5.56 Å². The fraction of sp³-hybridized carbons (Fsp3) is 0.222. The maximum absolute atomic E-state index is 12.6. The first-order valence-electron chi connectivity index (χ1n) is 7.61. The Morgan fingerprint density at radius 2 is 1.74 bits per heavy atom. The number of hydrogen-bond acceptors (Lipinski definition) is 4. The van der Waals surface area contributed by atoms with E-state index in [0.717, 1.165) is 23.4 Å². The van der Waals surface area contributed by atoms with Gasteiger partial charge < -0.3 is 0 Å². The van der Waals surface area contributed by atoms with Gasteiger partial charge in [0.1, 0.15) is 6.33 Å². The van der Waals surface area contributed by atoms with Gasteiger partial charge in [-0.25, -0.2) is 14.9 Å². The predicted molar refractivity (Wildman–Crippen MR) is 88.3 cm³/mol. The fourth-order valence-corrected chi connectivity index (χ4v) is 2.59. The topological polar surface area (TPSA) is 63.2 Å². The summed E-state index contributed by atoms with van der Waals surface area (Å²) in [4.78, 5) is 34.8. The number of carbonyl (C=O) groups excluding carboxylic acids is 2. The Morgan fingerprint density at radius 1 is 1.09 bits per heavy atom. The van der Waals surface area contributed by atoms with E-state index in [9.17, 15) is 9.59 Å². The molecule has 1 aliphatic rings. The summed E-state index contributed by atoms with van der Waals surface area (Å²) in [6.45, 7) is 3.93. The quantitative estimate of drug-likeness (QED) is 0.812. The molecule has 23 heavy (non-hydrogen) atoms. The standard InChI is InChI=1S/C18H17N3O2/c1-3-4-5-8-13-12(2)19-11-20-16(13)21-17(22)14-9-6-7-10-15(14)18(21)23/h5-11H,3-4H2,1-2H3/b8-5-. The van der Waals surface area contributed by atoms with Gasteiger partial charge in [0.2, 0.25) is 0 Å². The van der Waals surface area contributed by atoms with Crippen LogP contribution in [0.3, 0.4) is 0 Å². The fourth-order valence-electron chi connectivity index (χ4n) is 2.59. The number of imide groups is 1. The molecule has 1 aromatic carbocycles. The first-order valence-corrected chi connectivity index (χ1v) is 7.61. The first-order chi connectivity index (χ1) is 11.1. The van der Waals surface area contributed by atoms with Crippen molar-refractivity contribution in [1.82, 2.24) is 9.97 Å². The Balaban J connectivity index is 2.09. The molecular formula is C18H17N3O2. The molecule has 0 radical (unpaired) electrons. The van der Waals surface area contributed by atoms with Crippen molar-refractivity contribution in [3.63, 3.8) is 0 Å². The van der Waals surface area contributed by atoms with Crippen LogP contribution in [-0.4, -0.2) is 21.8 Å². The highest BCUT2D eigenvalue weighted by atomic mass is 16.2. The van der Waals surface area contributed by atoms with Crippen LogP contribution >= 0.6 is 0 Å². The van der Waals surface area contributed by atoms with Gasteiger partial charge in [-0.1, -0.05) is 37.6 Å². The second-order valence-corrected chi connectivity index (χ2v) is 5.38. The van der Waals surface area contributed by atoms with E-state index < -0.39 is 0 Å². The molecule has 0 atom stereocenters. The number of benzene rings is 1. The van der Waals surface area contributed by atoms with Crippen molar-refractivity contribution in [3.05, 3.63) is 59.1 Å². The molecule has 0 spiro atoms. The average Bonchev–Trinajstić information content (AvgIpc) is 2.81. The van der Waals surface area contributed by atoms with Crippen molar-refractivity contribution >= 4 is 23.7 Å². The summed E-state index contributed by atoms with van der Waals surface area (Å²) in [6.07, 6.45) is 7.21. The van der Waals surface area contributed by atoms with Crippen LogP contribution < -0.4 is 4.90 Å². The molecular weight excluding hydrogens is 290 g/mol. The summed E-state index contributed by atoms with van der Waals surface area (Å²) in [5.74, 6) is -0.335. The van der Waals surface area contributed by atoms with Crippen LogP contribution in [0.2, 0.25) is 0 Å². The van der Waals surface area contributed by atoms with Crippen LogP contribution in [0, 0.1) is 6.92 Å². The van der Waals surface area contributed by atoms with Crippen LogP contribution in [0.15, 0.2) is 36.7 Å². The van der Waals surface area contributed by atoms with E-state index in [-0.39, 0.29) is 11.8 Å². The molecule has 1 aromatic heterocycles. The molecule has 1 aliphatic heterocycles. The Morgan fingerprint density at radius 3 is 2.35 bits per heavy atom. The summed E-state index contributed by atoms with van der Waals surface area (Å²) in [5.41, 5.74) is 2.27. The molecule has 0 fully saturated rings. The van der Waals surface area contributed by atoms with Gasteiger partial charge in [0.15, 0.2) is 5.82 Å². The molecule has 0 aliphatic carbocycles. The number of nitrogens with zero attached hydrogens (tertiary/aromatic N) is 3. The highest BCUT2D eigenvalue weighted by Crippen LogP contribution is 2.30. The van der Waals surface area contributed by atoms with Crippen molar-refractivity contribution in [3.8, 4) is 0 Å². The number of hydrogen-bond donors (Lipinski definition) is 0. The van der Waals surface area contributed by atoms with E-state index in [1.807, 2.05) is 19.1 Å². The Bertz CT molecular complexity index is 777. The van der Waals surface area contributed by atoms with Crippen LogP contribution in [0.4, 0.5) is 5.82 Å². The number of carbonyl (C=O) groups is 2. The lowest BCUT2D eigenvalue weighted by Crippen LogP contribution is -2.31. The predicted octanol–water partition coefficient (Wildman–Crippen LogP) is 3.40. The number of unbranched alkanes of at least 4 members (excludes halogenated alkanes) is 1. The van der Waals surface area contributed by atoms with E-state index in [2.05, 4.69) is 16.9 Å². The number of fused-ring (bicyclic) bond motifs is 1. The molecule has 2 aromatic rings. The largest absolute Gasteiger partial charge is 0.268 e. The number of allylic oxidation sites excluding steroid dienone is 1. The minimum atomic E-state index is -0.339.